The molecule has 0 saturated heterocycles. The molecule has 0 aliphatic carbocycles. The maximum absolute atomic E-state index is 11.9. The first-order chi connectivity index (χ1) is 9.74. The van der Waals surface area contributed by atoms with E-state index in [2.05, 4.69) is 20.6 Å². The number of aromatic nitrogens is 4. The van der Waals surface area contributed by atoms with Crippen molar-refractivity contribution in [3.8, 4) is 5.69 Å². The molecule has 20 heavy (non-hydrogen) atoms. The van der Waals surface area contributed by atoms with Crippen molar-refractivity contribution in [2.24, 2.45) is 5.92 Å². The van der Waals surface area contributed by atoms with Crippen LogP contribution >= 0.6 is 0 Å². The molecule has 0 aliphatic heterocycles. The van der Waals surface area contributed by atoms with E-state index in [9.17, 15) is 4.79 Å². The highest BCUT2D eigenvalue weighted by molar-refractivity contribution is 5.78. The van der Waals surface area contributed by atoms with Crippen LogP contribution in [0.15, 0.2) is 30.7 Å². The fourth-order valence-electron chi connectivity index (χ4n) is 1.98. The van der Waals surface area contributed by atoms with E-state index >= 15 is 0 Å². The van der Waals surface area contributed by atoms with Crippen LogP contribution in [0.2, 0.25) is 0 Å². The molecule has 0 fully saturated rings. The molecule has 0 aliphatic rings. The molecule has 0 saturated carbocycles. The minimum absolute atomic E-state index is 0.0726. The van der Waals surface area contributed by atoms with Gasteiger partial charge in [0.15, 0.2) is 0 Å². The van der Waals surface area contributed by atoms with E-state index in [1.165, 1.54) is 0 Å². The summed E-state index contributed by atoms with van der Waals surface area (Å²) < 4.78 is 1.64. The van der Waals surface area contributed by atoms with Crippen molar-refractivity contribution in [2.75, 3.05) is 0 Å². The maximum Gasteiger partial charge on any atom is 0.223 e. The highest BCUT2D eigenvalue weighted by atomic mass is 16.1. The average Bonchev–Trinajstić information content (AvgIpc) is 2.96. The minimum Gasteiger partial charge on any atom is -0.350 e. The maximum atomic E-state index is 11.9. The predicted octanol–water partition coefficient (Wildman–Crippen LogP) is 1.71. The SMILES string of the molecule is CCC(CC)C(=O)NCc1cn(-c2cccnc2)nn1. The van der Waals surface area contributed by atoms with Gasteiger partial charge in [-0.2, -0.15) is 0 Å². The number of hydrogen-bond donors (Lipinski definition) is 1. The first-order valence-electron chi connectivity index (χ1n) is 6.84. The average molecular weight is 273 g/mol. The van der Waals surface area contributed by atoms with Crippen molar-refractivity contribution in [1.82, 2.24) is 25.3 Å². The van der Waals surface area contributed by atoms with Gasteiger partial charge in [0.1, 0.15) is 5.69 Å². The van der Waals surface area contributed by atoms with E-state index in [4.69, 9.17) is 0 Å². The molecule has 2 heterocycles. The molecule has 6 nitrogen and oxygen atoms in total. The van der Waals surface area contributed by atoms with E-state index in [0.29, 0.717) is 6.54 Å². The van der Waals surface area contributed by atoms with Gasteiger partial charge in [-0.15, -0.1) is 5.10 Å². The molecule has 0 aromatic carbocycles. The monoisotopic (exact) mass is 273 g/mol. The number of pyridine rings is 1. The summed E-state index contributed by atoms with van der Waals surface area (Å²) in [6.45, 7) is 4.44. The van der Waals surface area contributed by atoms with Crippen LogP contribution in [0, 0.1) is 5.92 Å². The molecular formula is C14H19N5O. The van der Waals surface area contributed by atoms with Crippen LogP contribution in [0.4, 0.5) is 0 Å². The van der Waals surface area contributed by atoms with Crippen LogP contribution in [-0.2, 0) is 11.3 Å². The number of hydrogen-bond acceptors (Lipinski definition) is 4. The van der Waals surface area contributed by atoms with Crippen molar-refractivity contribution < 1.29 is 4.79 Å². The standard InChI is InChI=1S/C14H19N5O/c1-3-11(4-2)14(20)16-8-12-10-19(18-17-12)13-6-5-7-15-9-13/h5-7,9-11H,3-4,8H2,1-2H3,(H,16,20). The second-order valence-electron chi connectivity index (χ2n) is 4.60. The Bertz CT molecular complexity index is 548. The molecule has 1 amide bonds. The van der Waals surface area contributed by atoms with Crippen molar-refractivity contribution in [2.45, 2.75) is 33.2 Å². The normalized spacial score (nSPS) is 10.8. The van der Waals surface area contributed by atoms with Crippen LogP contribution in [-0.4, -0.2) is 25.9 Å². The Morgan fingerprint density at radius 2 is 2.20 bits per heavy atom. The van der Waals surface area contributed by atoms with Crippen LogP contribution < -0.4 is 5.32 Å². The van der Waals surface area contributed by atoms with Gasteiger partial charge in [0, 0.05) is 12.1 Å². The zero-order chi connectivity index (χ0) is 14.4. The second-order valence-corrected chi connectivity index (χ2v) is 4.60. The van der Waals surface area contributed by atoms with Crippen molar-refractivity contribution in [1.29, 1.82) is 0 Å². The van der Waals surface area contributed by atoms with Crippen molar-refractivity contribution >= 4 is 5.91 Å². The minimum atomic E-state index is 0.0726. The summed E-state index contributed by atoms with van der Waals surface area (Å²) in [4.78, 5) is 15.9. The smallest absolute Gasteiger partial charge is 0.223 e. The number of carbonyl (C=O) groups is 1. The molecule has 2 aromatic heterocycles. The van der Waals surface area contributed by atoms with E-state index in [1.54, 1.807) is 23.3 Å². The summed E-state index contributed by atoms with van der Waals surface area (Å²) in [6.07, 6.45) is 6.91. The van der Waals surface area contributed by atoms with Crippen LogP contribution in [0.5, 0.6) is 0 Å². The van der Waals surface area contributed by atoms with Gasteiger partial charge in [-0.25, -0.2) is 4.68 Å². The third-order valence-electron chi connectivity index (χ3n) is 3.25. The lowest BCUT2D eigenvalue weighted by Gasteiger charge is -2.11. The van der Waals surface area contributed by atoms with Gasteiger partial charge in [-0.3, -0.25) is 9.78 Å². The summed E-state index contributed by atoms with van der Waals surface area (Å²) >= 11 is 0. The van der Waals surface area contributed by atoms with E-state index in [1.807, 2.05) is 26.0 Å². The molecule has 1 N–H and O–H groups in total. The Morgan fingerprint density at radius 3 is 2.85 bits per heavy atom. The Hall–Kier alpha value is -2.24. The summed E-state index contributed by atoms with van der Waals surface area (Å²) in [5, 5.41) is 11.0. The summed E-state index contributed by atoms with van der Waals surface area (Å²) in [5.41, 5.74) is 1.57. The van der Waals surface area contributed by atoms with Gasteiger partial charge in [-0.1, -0.05) is 19.1 Å². The summed E-state index contributed by atoms with van der Waals surface area (Å²) in [6, 6.07) is 3.74. The van der Waals surface area contributed by atoms with E-state index in [0.717, 1.165) is 24.2 Å². The van der Waals surface area contributed by atoms with Gasteiger partial charge in [-0.05, 0) is 25.0 Å². The summed E-state index contributed by atoms with van der Waals surface area (Å²) in [5.74, 6) is 0.147. The molecule has 2 rings (SSSR count). The number of nitrogens with one attached hydrogen (secondary N) is 1. The highest BCUT2D eigenvalue weighted by Crippen LogP contribution is 2.08. The lowest BCUT2D eigenvalue weighted by molar-refractivity contribution is -0.125. The molecular weight excluding hydrogens is 254 g/mol. The third-order valence-corrected chi connectivity index (χ3v) is 3.25. The van der Waals surface area contributed by atoms with Crippen molar-refractivity contribution in [3.63, 3.8) is 0 Å². The Morgan fingerprint density at radius 1 is 1.40 bits per heavy atom. The van der Waals surface area contributed by atoms with Gasteiger partial charge in [0.05, 0.1) is 24.6 Å². The zero-order valence-electron chi connectivity index (χ0n) is 11.8. The molecule has 0 radical (unpaired) electrons. The first-order valence-corrected chi connectivity index (χ1v) is 6.84. The molecule has 0 atom stereocenters. The highest BCUT2D eigenvalue weighted by Gasteiger charge is 2.14. The number of amides is 1. The fourth-order valence-corrected chi connectivity index (χ4v) is 1.98. The van der Waals surface area contributed by atoms with Crippen LogP contribution in [0.1, 0.15) is 32.4 Å². The molecule has 6 heteroatoms. The molecule has 0 unspecified atom stereocenters. The Labute approximate surface area is 118 Å². The topological polar surface area (TPSA) is 72.7 Å². The Kier molecular flexibility index (Phi) is 4.81. The lowest BCUT2D eigenvalue weighted by Crippen LogP contribution is -2.29. The lowest BCUT2D eigenvalue weighted by atomic mass is 10.0. The Balaban J connectivity index is 1.95. The molecule has 2 aromatic rings. The van der Waals surface area contributed by atoms with Gasteiger partial charge < -0.3 is 5.32 Å². The van der Waals surface area contributed by atoms with Gasteiger partial charge in [0.25, 0.3) is 0 Å². The van der Waals surface area contributed by atoms with Crippen molar-refractivity contribution in [3.05, 3.63) is 36.4 Å². The number of carbonyl (C=O) groups excluding carboxylic acids is 1. The predicted molar refractivity (Wildman–Crippen MR) is 75.1 cm³/mol. The van der Waals surface area contributed by atoms with Gasteiger partial charge in [0.2, 0.25) is 5.91 Å². The van der Waals surface area contributed by atoms with E-state index < -0.39 is 0 Å². The van der Waals surface area contributed by atoms with Crippen LogP contribution in [0.3, 0.4) is 0 Å². The third kappa shape index (κ3) is 3.40. The number of nitrogens with zero attached hydrogens (tertiary/aromatic N) is 4. The molecule has 0 spiro atoms. The quantitative estimate of drug-likeness (QED) is 0.869. The van der Waals surface area contributed by atoms with E-state index in [-0.39, 0.29) is 11.8 Å². The first kappa shape index (κ1) is 14.2. The van der Waals surface area contributed by atoms with Gasteiger partial charge >= 0.3 is 0 Å². The van der Waals surface area contributed by atoms with Crippen LogP contribution in [0.25, 0.3) is 5.69 Å². The summed E-state index contributed by atoms with van der Waals surface area (Å²) in [7, 11) is 0. The zero-order valence-corrected chi connectivity index (χ0v) is 11.8. The largest absolute Gasteiger partial charge is 0.350 e. The fraction of sp³-hybridized carbons (Fsp3) is 0.429. The molecule has 0 bridgehead atoms. The molecule has 106 valence electrons. The number of rotatable bonds is 6. The second kappa shape index (κ2) is 6.79.